The number of anilines is 1. The van der Waals surface area contributed by atoms with Gasteiger partial charge < -0.3 is 5.32 Å². The third-order valence-electron chi connectivity index (χ3n) is 2.57. The summed E-state index contributed by atoms with van der Waals surface area (Å²) in [6.45, 7) is 3.01. The number of hydrogen-bond donors (Lipinski definition) is 2. The summed E-state index contributed by atoms with van der Waals surface area (Å²) in [7, 11) is 0. The summed E-state index contributed by atoms with van der Waals surface area (Å²) in [4.78, 5) is 22.8. The van der Waals surface area contributed by atoms with Gasteiger partial charge >= 0.3 is 0 Å². The van der Waals surface area contributed by atoms with Crippen LogP contribution >= 0.6 is 12.2 Å². The minimum atomic E-state index is -0.370. The van der Waals surface area contributed by atoms with Crippen molar-refractivity contribution in [3.63, 3.8) is 0 Å². The molecular formula is C13H13N5O2S. The van der Waals surface area contributed by atoms with Crippen LogP contribution in [0.3, 0.4) is 0 Å². The summed E-state index contributed by atoms with van der Waals surface area (Å²) in [5.74, 6) is -0.137. The van der Waals surface area contributed by atoms with Crippen LogP contribution in [0.1, 0.15) is 18.2 Å². The normalized spacial score (nSPS) is 10.8. The van der Waals surface area contributed by atoms with Gasteiger partial charge in [-0.15, -0.1) is 0 Å². The van der Waals surface area contributed by atoms with Crippen LogP contribution in [0, 0.1) is 11.7 Å². The van der Waals surface area contributed by atoms with Crippen LogP contribution < -0.4 is 10.9 Å². The van der Waals surface area contributed by atoms with Gasteiger partial charge in [-0.05, 0) is 36.8 Å². The van der Waals surface area contributed by atoms with E-state index in [1.54, 1.807) is 31.2 Å². The van der Waals surface area contributed by atoms with E-state index in [-0.39, 0.29) is 21.9 Å². The molecule has 0 fully saturated rings. The molecule has 0 radical (unpaired) electrons. The molecule has 0 atom stereocenters. The third kappa shape index (κ3) is 3.69. The Labute approximate surface area is 125 Å². The third-order valence-corrected chi connectivity index (χ3v) is 2.83. The molecule has 0 aliphatic rings. The maximum absolute atomic E-state index is 11.8. The Kier molecular flexibility index (Phi) is 4.39. The average Bonchev–Trinajstić information content (AvgIpc) is 2.44. The molecule has 108 valence electrons. The summed E-state index contributed by atoms with van der Waals surface area (Å²) in [5, 5.41) is 13.0. The van der Waals surface area contributed by atoms with Crippen molar-refractivity contribution in [2.75, 3.05) is 5.32 Å². The lowest BCUT2D eigenvalue weighted by molar-refractivity contribution is -0.114. The molecule has 0 saturated heterocycles. The van der Waals surface area contributed by atoms with Crippen molar-refractivity contribution in [2.24, 2.45) is 5.10 Å². The molecule has 1 amide bonds. The minimum Gasteiger partial charge on any atom is -0.326 e. The average molecular weight is 303 g/mol. The van der Waals surface area contributed by atoms with E-state index in [0.717, 1.165) is 10.2 Å². The Hall–Kier alpha value is -2.61. The van der Waals surface area contributed by atoms with Crippen molar-refractivity contribution >= 4 is 30.0 Å². The highest BCUT2D eigenvalue weighted by molar-refractivity contribution is 7.71. The first-order chi connectivity index (χ1) is 9.97. The molecule has 2 aromatic rings. The number of aromatic nitrogens is 3. The summed E-state index contributed by atoms with van der Waals surface area (Å²) in [6.07, 6.45) is 1.50. The highest BCUT2D eigenvalue weighted by Crippen LogP contribution is 2.07. The second-order valence-electron chi connectivity index (χ2n) is 4.28. The van der Waals surface area contributed by atoms with E-state index in [4.69, 9.17) is 12.2 Å². The van der Waals surface area contributed by atoms with E-state index < -0.39 is 0 Å². The lowest BCUT2D eigenvalue weighted by atomic mass is 10.2. The van der Waals surface area contributed by atoms with E-state index >= 15 is 0 Å². The number of amides is 1. The first kappa shape index (κ1) is 14.8. The minimum absolute atomic E-state index is 0.122. The molecule has 2 rings (SSSR count). The van der Waals surface area contributed by atoms with E-state index in [1.165, 1.54) is 13.1 Å². The van der Waals surface area contributed by atoms with Gasteiger partial charge in [0.1, 0.15) is 5.69 Å². The van der Waals surface area contributed by atoms with Crippen molar-refractivity contribution in [2.45, 2.75) is 13.8 Å². The Morgan fingerprint density at radius 2 is 2.10 bits per heavy atom. The van der Waals surface area contributed by atoms with Crippen molar-refractivity contribution < 1.29 is 4.79 Å². The van der Waals surface area contributed by atoms with Gasteiger partial charge in [-0.1, -0.05) is 12.1 Å². The number of rotatable bonds is 3. The second kappa shape index (κ2) is 6.23. The summed E-state index contributed by atoms with van der Waals surface area (Å²) >= 11 is 4.97. The standard InChI is InChI=1S/C13H13N5O2S/c1-8-12(20)18(13(21)17-16-8)14-7-10-3-5-11(6-4-10)15-9(2)19/h3-7H,1-2H3,(H,15,19)(H,17,21). The van der Waals surface area contributed by atoms with Gasteiger partial charge in [-0.3, -0.25) is 14.7 Å². The molecule has 7 nitrogen and oxygen atoms in total. The largest absolute Gasteiger partial charge is 0.326 e. The van der Waals surface area contributed by atoms with Crippen LogP contribution in [0.25, 0.3) is 0 Å². The zero-order valence-electron chi connectivity index (χ0n) is 11.5. The number of nitrogens with one attached hydrogen (secondary N) is 2. The molecule has 0 saturated carbocycles. The topological polar surface area (TPSA) is 92.1 Å². The van der Waals surface area contributed by atoms with Crippen molar-refractivity contribution in [3.8, 4) is 0 Å². The van der Waals surface area contributed by atoms with Gasteiger partial charge in [-0.2, -0.15) is 14.9 Å². The van der Waals surface area contributed by atoms with Gasteiger partial charge in [0.25, 0.3) is 5.56 Å². The summed E-state index contributed by atoms with van der Waals surface area (Å²) in [6, 6.07) is 7.01. The Morgan fingerprint density at radius 3 is 2.71 bits per heavy atom. The zero-order valence-corrected chi connectivity index (χ0v) is 12.3. The van der Waals surface area contributed by atoms with Crippen LogP contribution in [0.15, 0.2) is 34.2 Å². The maximum atomic E-state index is 11.8. The number of hydrogen-bond acceptors (Lipinski definition) is 5. The van der Waals surface area contributed by atoms with E-state index in [0.29, 0.717) is 5.69 Å². The van der Waals surface area contributed by atoms with E-state index in [1.807, 2.05) is 0 Å². The molecule has 0 aliphatic heterocycles. The fourth-order valence-corrected chi connectivity index (χ4v) is 1.73. The van der Waals surface area contributed by atoms with E-state index in [9.17, 15) is 9.59 Å². The molecule has 0 bridgehead atoms. The highest BCUT2D eigenvalue weighted by Gasteiger charge is 2.01. The Balaban J connectivity index is 2.26. The van der Waals surface area contributed by atoms with Gasteiger partial charge in [0.05, 0.1) is 6.21 Å². The fraction of sp³-hybridized carbons (Fsp3) is 0.154. The molecule has 21 heavy (non-hydrogen) atoms. The molecule has 0 unspecified atom stereocenters. The number of carbonyl (C=O) groups is 1. The van der Waals surface area contributed by atoms with Crippen LogP contribution in [-0.4, -0.2) is 27.0 Å². The lowest BCUT2D eigenvalue weighted by Crippen LogP contribution is -2.22. The van der Waals surface area contributed by atoms with Gasteiger partial charge in [0, 0.05) is 12.6 Å². The number of aromatic amines is 1. The van der Waals surface area contributed by atoms with Gasteiger partial charge in [-0.25, -0.2) is 0 Å². The highest BCUT2D eigenvalue weighted by atomic mass is 32.1. The maximum Gasteiger partial charge on any atom is 0.296 e. The van der Waals surface area contributed by atoms with Crippen LogP contribution in [0.5, 0.6) is 0 Å². The number of carbonyl (C=O) groups excluding carboxylic acids is 1. The van der Waals surface area contributed by atoms with Gasteiger partial charge in [0.15, 0.2) is 0 Å². The number of H-pyrrole nitrogens is 1. The van der Waals surface area contributed by atoms with Gasteiger partial charge in [0.2, 0.25) is 10.7 Å². The monoisotopic (exact) mass is 303 g/mol. The molecule has 0 aliphatic carbocycles. The van der Waals surface area contributed by atoms with Crippen LogP contribution in [0.2, 0.25) is 0 Å². The fourth-order valence-electron chi connectivity index (χ4n) is 1.56. The molecule has 2 N–H and O–H groups in total. The smallest absolute Gasteiger partial charge is 0.296 e. The van der Waals surface area contributed by atoms with Crippen LogP contribution in [-0.2, 0) is 4.79 Å². The van der Waals surface area contributed by atoms with Crippen molar-refractivity contribution in [1.82, 2.24) is 14.9 Å². The summed E-state index contributed by atoms with van der Waals surface area (Å²) < 4.78 is 1.19. The molecule has 8 heteroatoms. The molecular weight excluding hydrogens is 290 g/mol. The number of benzene rings is 1. The predicted octanol–water partition coefficient (Wildman–Crippen LogP) is 1.45. The number of aryl methyl sites for hydroxylation is 1. The van der Waals surface area contributed by atoms with Crippen molar-refractivity contribution in [1.29, 1.82) is 0 Å². The van der Waals surface area contributed by atoms with E-state index in [2.05, 4.69) is 20.6 Å². The zero-order chi connectivity index (χ0) is 15.4. The quantitative estimate of drug-likeness (QED) is 0.663. The lowest BCUT2D eigenvalue weighted by Gasteiger charge is -2.02. The molecule has 0 spiro atoms. The molecule has 1 aromatic heterocycles. The molecule has 1 aromatic carbocycles. The SMILES string of the molecule is CC(=O)Nc1ccc(C=Nn2c(=S)[nH]nc(C)c2=O)cc1. The first-order valence-corrected chi connectivity index (χ1v) is 6.48. The number of nitrogens with zero attached hydrogens (tertiary/aromatic N) is 3. The van der Waals surface area contributed by atoms with Crippen LogP contribution in [0.4, 0.5) is 5.69 Å². The Morgan fingerprint density at radius 1 is 1.43 bits per heavy atom. The van der Waals surface area contributed by atoms with Crippen molar-refractivity contribution in [3.05, 3.63) is 50.6 Å². The summed E-state index contributed by atoms with van der Waals surface area (Å²) in [5.41, 5.74) is 1.36. The Bertz CT molecular complexity index is 805. The second-order valence-corrected chi connectivity index (χ2v) is 4.67. The molecule has 1 heterocycles. The first-order valence-electron chi connectivity index (χ1n) is 6.08. The predicted molar refractivity (Wildman–Crippen MR) is 82.2 cm³/mol.